The van der Waals surface area contributed by atoms with Gasteiger partial charge in [0.15, 0.2) is 0 Å². The normalized spacial score (nSPS) is 15.5. The lowest BCUT2D eigenvalue weighted by molar-refractivity contribution is -0.129. The summed E-state index contributed by atoms with van der Waals surface area (Å²) in [6.45, 7) is 2.08. The zero-order valence-electron chi connectivity index (χ0n) is 15.3. The minimum Gasteiger partial charge on any atom is -0.325 e. The van der Waals surface area contributed by atoms with Gasteiger partial charge >= 0.3 is 0 Å². The van der Waals surface area contributed by atoms with Crippen molar-refractivity contribution in [3.8, 4) is 0 Å². The van der Waals surface area contributed by atoms with Crippen LogP contribution in [0.3, 0.4) is 0 Å². The highest BCUT2D eigenvalue weighted by Gasteiger charge is 2.28. The van der Waals surface area contributed by atoms with E-state index < -0.39 is 0 Å². The Morgan fingerprint density at radius 3 is 2.75 bits per heavy atom. The van der Waals surface area contributed by atoms with E-state index in [2.05, 4.69) is 17.2 Å². The molecule has 7 heteroatoms. The van der Waals surface area contributed by atoms with Crippen molar-refractivity contribution >= 4 is 56.9 Å². The Morgan fingerprint density at radius 1 is 1.21 bits per heavy atom. The van der Waals surface area contributed by atoms with Crippen LogP contribution in [0.15, 0.2) is 53.6 Å². The Bertz CT molecular complexity index is 1020. The molecule has 0 atom stereocenters. The molecule has 0 saturated carbocycles. The van der Waals surface area contributed by atoms with Gasteiger partial charge in [-0.3, -0.25) is 14.5 Å². The Kier molecular flexibility index (Phi) is 5.45. The fourth-order valence-corrected chi connectivity index (χ4v) is 4.85. The van der Waals surface area contributed by atoms with Crippen LogP contribution in [0.2, 0.25) is 0 Å². The summed E-state index contributed by atoms with van der Waals surface area (Å²) in [5, 5.41) is 4.46. The maximum atomic E-state index is 12.5. The number of hydrogen-bond donors (Lipinski definition) is 1. The van der Waals surface area contributed by atoms with Gasteiger partial charge in [-0.2, -0.15) is 0 Å². The van der Waals surface area contributed by atoms with Gasteiger partial charge in [0.1, 0.15) is 11.6 Å². The summed E-state index contributed by atoms with van der Waals surface area (Å²) in [6.07, 6.45) is 2.84. The Balaban J connectivity index is 1.48. The number of rotatable bonds is 5. The molecule has 2 aromatic carbocycles. The summed E-state index contributed by atoms with van der Waals surface area (Å²) < 4.78 is 1.10. The molecule has 3 aromatic rings. The third-order valence-corrected chi connectivity index (χ3v) is 6.42. The highest BCUT2D eigenvalue weighted by Crippen LogP contribution is 2.32. The molecule has 0 spiro atoms. The van der Waals surface area contributed by atoms with E-state index >= 15 is 0 Å². The summed E-state index contributed by atoms with van der Waals surface area (Å²) >= 11 is 3.01. The maximum Gasteiger partial charge on any atom is 0.244 e. The molecule has 5 nitrogen and oxygen atoms in total. The molecule has 1 aliphatic heterocycles. The average Bonchev–Trinajstić information content (AvgIpc) is 3.26. The maximum absolute atomic E-state index is 12.5. The third kappa shape index (κ3) is 4.10. The average molecular weight is 410 g/mol. The zero-order chi connectivity index (χ0) is 19.5. The molecule has 0 aliphatic carbocycles. The summed E-state index contributed by atoms with van der Waals surface area (Å²) in [7, 11) is 0. The number of nitrogens with one attached hydrogen (secondary N) is 1. The molecule has 0 radical (unpaired) electrons. The molecule has 2 amide bonds. The molecule has 0 bridgehead atoms. The smallest absolute Gasteiger partial charge is 0.244 e. The molecule has 4 rings (SSSR count). The third-order valence-electron chi connectivity index (χ3n) is 4.42. The first-order valence-electron chi connectivity index (χ1n) is 9.01. The van der Waals surface area contributed by atoms with Crippen LogP contribution < -0.4 is 5.32 Å². The van der Waals surface area contributed by atoms with Crippen molar-refractivity contribution in [2.45, 2.75) is 13.3 Å². The predicted octanol–water partition coefficient (Wildman–Crippen LogP) is 4.37. The summed E-state index contributed by atoms with van der Waals surface area (Å²) in [6, 6.07) is 15.7. The quantitative estimate of drug-likeness (QED) is 0.680. The minimum atomic E-state index is -0.213. The van der Waals surface area contributed by atoms with Gasteiger partial charge in [0.25, 0.3) is 0 Å². The molecule has 142 valence electrons. The van der Waals surface area contributed by atoms with Gasteiger partial charge in [-0.25, -0.2) is 4.98 Å². The van der Waals surface area contributed by atoms with Gasteiger partial charge in [0.2, 0.25) is 11.8 Å². The lowest BCUT2D eigenvalue weighted by Crippen LogP contribution is -2.33. The van der Waals surface area contributed by atoms with Crippen LogP contribution in [0.25, 0.3) is 16.3 Å². The fourth-order valence-electron chi connectivity index (χ4n) is 2.93. The van der Waals surface area contributed by atoms with E-state index in [1.165, 1.54) is 22.2 Å². The van der Waals surface area contributed by atoms with Crippen LogP contribution >= 0.6 is 23.1 Å². The van der Waals surface area contributed by atoms with Gasteiger partial charge in [-0.15, -0.1) is 11.3 Å². The Hall–Kier alpha value is -2.64. The Morgan fingerprint density at radius 2 is 2.00 bits per heavy atom. The number of para-hydroxylation sites is 1. The zero-order valence-corrected chi connectivity index (χ0v) is 17.0. The van der Waals surface area contributed by atoms with Crippen LogP contribution in [-0.4, -0.2) is 34.0 Å². The van der Waals surface area contributed by atoms with E-state index in [-0.39, 0.29) is 18.4 Å². The van der Waals surface area contributed by atoms with Crippen LogP contribution in [0, 0.1) is 0 Å². The van der Waals surface area contributed by atoms with Gasteiger partial charge in [-0.05, 0) is 36.2 Å². The minimum absolute atomic E-state index is 0.00189. The van der Waals surface area contributed by atoms with E-state index in [0.717, 1.165) is 32.4 Å². The van der Waals surface area contributed by atoms with E-state index in [9.17, 15) is 9.59 Å². The van der Waals surface area contributed by atoms with Gasteiger partial charge in [0.05, 0.1) is 21.0 Å². The van der Waals surface area contributed by atoms with Gasteiger partial charge in [0, 0.05) is 11.8 Å². The van der Waals surface area contributed by atoms with E-state index in [1.54, 1.807) is 11.3 Å². The number of carbonyl (C=O) groups excluding carboxylic acids is 2. The first kappa shape index (κ1) is 18.7. The van der Waals surface area contributed by atoms with Crippen LogP contribution in [-0.2, 0) is 16.0 Å². The standard InChI is InChI=1S/C21H19N3O2S2/c1-2-14-7-9-15(10-8-14)22-18(25)12-24-20(26)13-27-21(24)11-19-23-16-5-3-4-6-17(16)28-19/h3-11H,2,12-13H2,1H3,(H,22,25)/b21-11+. The monoisotopic (exact) mass is 409 g/mol. The number of hydrogen-bond acceptors (Lipinski definition) is 5. The summed E-state index contributed by atoms with van der Waals surface area (Å²) in [5.41, 5.74) is 2.89. The molecular formula is C21H19N3O2S2. The van der Waals surface area contributed by atoms with Crippen molar-refractivity contribution in [3.05, 3.63) is 64.1 Å². The number of aromatic nitrogens is 1. The topological polar surface area (TPSA) is 62.3 Å². The van der Waals surface area contributed by atoms with Crippen LogP contribution in [0.4, 0.5) is 5.69 Å². The second kappa shape index (κ2) is 8.16. The second-order valence-corrected chi connectivity index (χ2v) is 8.43. The number of thioether (sulfide) groups is 1. The van der Waals surface area contributed by atoms with Crippen molar-refractivity contribution in [1.82, 2.24) is 9.88 Å². The number of nitrogens with zero attached hydrogens (tertiary/aromatic N) is 2. The van der Waals surface area contributed by atoms with Crippen LogP contribution in [0.5, 0.6) is 0 Å². The largest absolute Gasteiger partial charge is 0.325 e. The predicted molar refractivity (Wildman–Crippen MR) is 116 cm³/mol. The molecule has 1 saturated heterocycles. The summed E-state index contributed by atoms with van der Waals surface area (Å²) in [4.78, 5) is 30.9. The first-order chi connectivity index (χ1) is 13.6. The van der Waals surface area contributed by atoms with E-state index in [4.69, 9.17) is 0 Å². The molecule has 28 heavy (non-hydrogen) atoms. The summed E-state index contributed by atoms with van der Waals surface area (Å²) in [5.74, 6) is 0.0685. The van der Waals surface area contributed by atoms with E-state index in [1.807, 2.05) is 54.6 Å². The van der Waals surface area contributed by atoms with E-state index in [0.29, 0.717) is 5.75 Å². The number of thiazole rings is 1. The number of fused-ring (bicyclic) bond motifs is 1. The SMILES string of the molecule is CCc1ccc(NC(=O)CN2C(=O)CS/C2=C/c2nc3ccccc3s2)cc1. The number of carbonyl (C=O) groups is 2. The van der Waals surface area contributed by atoms with Crippen molar-refractivity contribution in [1.29, 1.82) is 0 Å². The number of amides is 2. The number of aryl methyl sites for hydroxylation is 1. The van der Waals surface area contributed by atoms with Crippen molar-refractivity contribution in [2.24, 2.45) is 0 Å². The number of anilines is 1. The first-order valence-corrected chi connectivity index (χ1v) is 10.8. The highest BCUT2D eigenvalue weighted by atomic mass is 32.2. The molecular weight excluding hydrogens is 390 g/mol. The van der Waals surface area contributed by atoms with Crippen LogP contribution in [0.1, 0.15) is 17.5 Å². The molecule has 2 heterocycles. The lowest BCUT2D eigenvalue weighted by Gasteiger charge is -2.16. The van der Waals surface area contributed by atoms with Crippen molar-refractivity contribution in [3.63, 3.8) is 0 Å². The second-order valence-electron chi connectivity index (χ2n) is 6.37. The fraction of sp³-hybridized carbons (Fsp3) is 0.190. The van der Waals surface area contributed by atoms with Gasteiger partial charge < -0.3 is 5.32 Å². The molecule has 1 N–H and O–H groups in total. The molecule has 1 aliphatic rings. The van der Waals surface area contributed by atoms with Gasteiger partial charge in [-0.1, -0.05) is 43.0 Å². The molecule has 0 unspecified atom stereocenters. The molecule has 1 fully saturated rings. The highest BCUT2D eigenvalue weighted by molar-refractivity contribution is 8.04. The van der Waals surface area contributed by atoms with Crippen molar-refractivity contribution in [2.75, 3.05) is 17.6 Å². The molecule has 1 aromatic heterocycles. The Labute approximate surface area is 171 Å². The number of benzene rings is 2. The van der Waals surface area contributed by atoms with Crippen molar-refractivity contribution < 1.29 is 9.59 Å². The lowest BCUT2D eigenvalue weighted by atomic mass is 10.1.